The Morgan fingerprint density at radius 2 is 1.57 bits per heavy atom. The fourth-order valence-electron chi connectivity index (χ4n) is 5.76. The number of nitrogens with one attached hydrogen (secondary N) is 1. The highest BCUT2D eigenvalue weighted by Crippen LogP contribution is 2.70. The number of carbonyl (C=O) groups excluding carboxylic acids is 1. The van der Waals surface area contributed by atoms with Gasteiger partial charge in [0.15, 0.2) is 11.5 Å². The van der Waals surface area contributed by atoms with E-state index >= 15 is 0 Å². The third-order valence-corrected chi connectivity index (χ3v) is 7.95. The Bertz CT molecular complexity index is 1220. The number of rotatable bonds is 2. The molecule has 1 aliphatic heterocycles. The first-order valence-electron chi connectivity index (χ1n) is 10.4. The quantitative estimate of drug-likeness (QED) is 0.692. The number of anilines is 1. The SMILES string of the molecule is CC12CCC(C(=O)Nc3ccccc3)(c3nc4cc5c(cc4nc31)OCO5)C2(C)C. The Balaban J connectivity index is 1.56. The van der Waals surface area contributed by atoms with Crippen molar-refractivity contribution in [3.8, 4) is 11.5 Å². The molecule has 1 saturated carbocycles. The van der Waals surface area contributed by atoms with Crippen LogP contribution >= 0.6 is 0 Å². The maximum absolute atomic E-state index is 13.8. The largest absolute Gasteiger partial charge is 0.454 e. The predicted octanol–water partition coefficient (Wildman–Crippen LogP) is 4.33. The molecule has 6 rings (SSSR count). The molecule has 0 saturated heterocycles. The number of hydrogen-bond acceptors (Lipinski definition) is 5. The fraction of sp³-hybridized carbons (Fsp3) is 0.375. The van der Waals surface area contributed by atoms with Crippen molar-refractivity contribution in [3.05, 3.63) is 53.9 Å². The lowest BCUT2D eigenvalue weighted by molar-refractivity contribution is -0.125. The van der Waals surface area contributed by atoms with Gasteiger partial charge in [-0.05, 0) is 30.4 Å². The zero-order valence-electron chi connectivity index (χ0n) is 17.3. The van der Waals surface area contributed by atoms with Crippen molar-refractivity contribution in [2.24, 2.45) is 5.41 Å². The van der Waals surface area contributed by atoms with Gasteiger partial charge in [0, 0.05) is 23.2 Å². The van der Waals surface area contributed by atoms with E-state index in [1.165, 1.54) is 0 Å². The van der Waals surface area contributed by atoms with Gasteiger partial charge in [-0.2, -0.15) is 0 Å². The van der Waals surface area contributed by atoms with E-state index in [9.17, 15) is 4.79 Å². The Hall–Kier alpha value is -3.15. The number of benzene rings is 2. The summed E-state index contributed by atoms with van der Waals surface area (Å²) in [6.07, 6.45) is 1.66. The highest BCUT2D eigenvalue weighted by molar-refractivity contribution is 6.02. The van der Waals surface area contributed by atoms with E-state index in [4.69, 9.17) is 19.4 Å². The van der Waals surface area contributed by atoms with Crippen LogP contribution in [0.1, 0.15) is 45.0 Å². The summed E-state index contributed by atoms with van der Waals surface area (Å²) in [7, 11) is 0. The van der Waals surface area contributed by atoms with Gasteiger partial charge in [0.05, 0.1) is 27.8 Å². The summed E-state index contributed by atoms with van der Waals surface area (Å²) >= 11 is 0. The average molecular weight is 401 g/mol. The van der Waals surface area contributed by atoms with Crippen LogP contribution in [0, 0.1) is 5.41 Å². The molecule has 152 valence electrons. The zero-order valence-corrected chi connectivity index (χ0v) is 17.3. The summed E-state index contributed by atoms with van der Waals surface area (Å²) in [5.41, 5.74) is 2.77. The number of hydrogen-bond donors (Lipinski definition) is 1. The van der Waals surface area contributed by atoms with Crippen molar-refractivity contribution in [2.75, 3.05) is 12.1 Å². The molecule has 6 nitrogen and oxygen atoms in total. The van der Waals surface area contributed by atoms with Crippen LogP contribution in [0.2, 0.25) is 0 Å². The van der Waals surface area contributed by atoms with E-state index in [1.54, 1.807) is 0 Å². The van der Waals surface area contributed by atoms with Gasteiger partial charge in [-0.15, -0.1) is 0 Å². The number of para-hydroxylation sites is 1. The minimum Gasteiger partial charge on any atom is -0.454 e. The van der Waals surface area contributed by atoms with Gasteiger partial charge in [-0.25, -0.2) is 9.97 Å². The molecule has 30 heavy (non-hydrogen) atoms. The molecule has 0 spiro atoms. The second kappa shape index (κ2) is 5.50. The third kappa shape index (κ3) is 1.92. The first kappa shape index (κ1) is 17.7. The van der Waals surface area contributed by atoms with E-state index < -0.39 is 5.41 Å². The molecule has 2 aliphatic carbocycles. The van der Waals surface area contributed by atoms with E-state index in [2.05, 4.69) is 26.1 Å². The highest BCUT2D eigenvalue weighted by atomic mass is 16.7. The second-order valence-electron chi connectivity index (χ2n) is 9.30. The standard InChI is InChI=1S/C24H23N3O3/c1-22(2)23(3)9-10-24(22,21(28)25-14-7-5-4-6-8-14)20-19(23)26-15-11-17-18(30-13-29-17)12-16(15)27-20/h4-8,11-12H,9-10,13H2,1-3H3,(H,25,28). The zero-order chi connectivity index (χ0) is 20.7. The van der Waals surface area contributed by atoms with Gasteiger partial charge in [-0.1, -0.05) is 39.0 Å². The van der Waals surface area contributed by atoms with Crippen LogP contribution in [0.5, 0.6) is 11.5 Å². The summed E-state index contributed by atoms with van der Waals surface area (Å²) in [5, 5.41) is 3.15. The topological polar surface area (TPSA) is 73.3 Å². The molecule has 6 heteroatoms. The van der Waals surface area contributed by atoms with Gasteiger partial charge >= 0.3 is 0 Å². The van der Waals surface area contributed by atoms with E-state index in [1.807, 2.05) is 42.5 Å². The van der Waals surface area contributed by atoms with Crippen LogP contribution in [-0.4, -0.2) is 22.7 Å². The summed E-state index contributed by atoms with van der Waals surface area (Å²) in [6.45, 7) is 6.80. The molecule has 2 heterocycles. The maximum Gasteiger partial charge on any atom is 0.237 e. The Morgan fingerprint density at radius 3 is 2.23 bits per heavy atom. The van der Waals surface area contributed by atoms with Gasteiger partial charge in [-0.3, -0.25) is 4.79 Å². The summed E-state index contributed by atoms with van der Waals surface area (Å²) < 4.78 is 11.1. The van der Waals surface area contributed by atoms with Crippen LogP contribution in [0.4, 0.5) is 5.69 Å². The summed E-state index contributed by atoms with van der Waals surface area (Å²) in [5.74, 6) is 1.37. The number of fused-ring (bicyclic) bond motifs is 7. The van der Waals surface area contributed by atoms with Crippen LogP contribution in [0.15, 0.2) is 42.5 Å². The lowest BCUT2D eigenvalue weighted by Crippen LogP contribution is -2.48. The molecular formula is C24H23N3O3. The molecule has 1 aromatic heterocycles. The average Bonchev–Trinajstić information content (AvgIpc) is 3.30. The Labute approximate surface area is 174 Å². The van der Waals surface area contributed by atoms with Crippen molar-refractivity contribution < 1.29 is 14.3 Å². The van der Waals surface area contributed by atoms with Crippen LogP contribution in [0.3, 0.4) is 0 Å². The van der Waals surface area contributed by atoms with Crippen molar-refractivity contribution >= 4 is 22.6 Å². The molecular weight excluding hydrogens is 378 g/mol. The summed E-state index contributed by atoms with van der Waals surface area (Å²) in [6, 6.07) is 13.4. The number of amides is 1. The van der Waals surface area contributed by atoms with Crippen molar-refractivity contribution in [3.63, 3.8) is 0 Å². The predicted molar refractivity (Wildman–Crippen MR) is 113 cm³/mol. The molecule has 1 fully saturated rings. The molecule has 1 amide bonds. The van der Waals surface area contributed by atoms with Crippen molar-refractivity contribution in [1.29, 1.82) is 0 Å². The molecule has 2 bridgehead atoms. The maximum atomic E-state index is 13.8. The van der Waals surface area contributed by atoms with E-state index in [0.717, 1.165) is 41.0 Å². The minimum absolute atomic E-state index is 0.00410. The monoisotopic (exact) mass is 401 g/mol. The van der Waals surface area contributed by atoms with Crippen LogP contribution < -0.4 is 14.8 Å². The lowest BCUT2D eigenvalue weighted by atomic mass is 9.63. The third-order valence-electron chi connectivity index (χ3n) is 7.95. The number of aromatic nitrogens is 2. The first-order valence-corrected chi connectivity index (χ1v) is 10.4. The Kier molecular flexibility index (Phi) is 3.25. The summed E-state index contributed by atoms with van der Waals surface area (Å²) in [4.78, 5) is 23.9. The smallest absolute Gasteiger partial charge is 0.237 e. The normalized spacial score (nSPS) is 27.3. The lowest BCUT2D eigenvalue weighted by Gasteiger charge is -2.39. The van der Waals surface area contributed by atoms with Crippen molar-refractivity contribution in [1.82, 2.24) is 9.97 Å². The van der Waals surface area contributed by atoms with Gasteiger partial charge < -0.3 is 14.8 Å². The molecule has 0 radical (unpaired) electrons. The molecule has 3 aliphatic rings. The van der Waals surface area contributed by atoms with Crippen molar-refractivity contribution in [2.45, 2.75) is 44.4 Å². The van der Waals surface area contributed by atoms with Gasteiger partial charge in [0.2, 0.25) is 12.7 Å². The molecule has 2 atom stereocenters. The first-order chi connectivity index (χ1) is 14.4. The fourth-order valence-corrected chi connectivity index (χ4v) is 5.76. The number of nitrogens with zero attached hydrogens (tertiary/aromatic N) is 2. The second-order valence-corrected chi connectivity index (χ2v) is 9.30. The number of ether oxygens (including phenoxy) is 2. The molecule has 3 aromatic rings. The van der Waals surface area contributed by atoms with E-state index in [-0.39, 0.29) is 23.5 Å². The van der Waals surface area contributed by atoms with Crippen LogP contribution in [-0.2, 0) is 15.6 Å². The van der Waals surface area contributed by atoms with E-state index in [0.29, 0.717) is 11.5 Å². The molecule has 2 unspecified atom stereocenters. The molecule has 1 N–H and O–H groups in total. The van der Waals surface area contributed by atoms with Gasteiger partial charge in [0.25, 0.3) is 0 Å². The highest BCUT2D eigenvalue weighted by Gasteiger charge is 2.73. The van der Waals surface area contributed by atoms with Gasteiger partial charge in [0.1, 0.15) is 0 Å². The minimum atomic E-state index is -0.732. The van der Waals surface area contributed by atoms with Crippen LogP contribution in [0.25, 0.3) is 11.0 Å². The Morgan fingerprint density at radius 1 is 0.933 bits per heavy atom. The molecule has 2 aromatic carbocycles. The number of carbonyl (C=O) groups is 1.